The Bertz CT molecular complexity index is 439. The smallest absolute Gasteiger partial charge is 0.0368 e. The van der Waals surface area contributed by atoms with Crippen molar-refractivity contribution in [1.82, 2.24) is 0 Å². The minimum Gasteiger partial charge on any atom is -0.372 e. The van der Waals surface area contributed by atoms with Crippen LogP contribution in [0.2, 0.25) is 0 Å². The first kappa shape index (κ1) is 15.4. The third kappa shape index (κ3) is 3.76. The second-order valence-corrected chi connectivity index (χ2v) is 6.83. The van der Waals surface area contributed by atoms with Gasteiger partial charge >= 0.3 is 0 Å². The molecule has 1 saturated carbocycles. The molecule has 0 heterocycles. The monoisotopic (exact) mass is 274 g/mol. The number of nitrogens with two attached hydrogens (primary N) is 1. The van der Waals surface area contributed by atoms with Crippen LogP contribution in [0.4, 0.5) is 5.69 Å². The molecule has 1 aliphatic rings. The van der Waals surface area contributed by atoms with E-state index in [1.165, 1.54) is 42.5 Å². The summed E-state index contributed by atoms with van der Waals surface area (Å²) in [6.07, 6.45) is 6.41. The van der Waals surface area contributed by atoms with Gasteiger partial charge in [0.25, 0.3) is 0 Å². The number of hydrogen-bond donors (Lipinski definition) is 1. The van der Waals surface area contributed by atoms with E-state index in [-0.39, 0.29) is 6.04 Å². The second-order valence-electron chi connectivity index (χ2n) is 6.83. The Morgan fingerprint density at radius 3 is 2.70 bits per heavy atom. The molecule has 0 spiro atoms. The van der Waals surface area contributed by atoms with Gasteiger partial charge in [0, 0.05) is 24.8 Å². The van der Waals surface area contributed by atoms with Gasteiger partial charge in [-0.2, -0.15) is 0 Å². The summed E-state index contributed by atoms with van der Waals surface area (Å²) in [5.74, 6) is 0.870. The largest absolute Gasteiger partial charge is 0.372 e. The minimum atomic E-state index is 0.233. The standard InChI is InChI=1S/C18H30N2/c1-13-6-5-7-17(10-13)20(4)18-9-8-16(12-15(3)19)14(2)11-18/h8-9,11,13,15,17H,5-7,10,12,19H2,1-4H3. The van der Waals surface area contributed by atoms with Gasteiger partial charge in [-0.1, -0.05) is 25.8 Å². The average molecular weight is 274 g/mol. The Hall–Kier alpha value is -1.02. The predicted molar refractivity (Wildman–Crippen MR) is 88.4 cm³/mol. The lowest BCUT2D eigenvalue weighted by Gasteiger charge is -2.36. The zero-order valence-electron chi connectivity index (χ0n) is 13.5. The van der Waals surface area contributed by atoms with E-state index in [1.54, 1.807) is 0 Å². The molecular formula is C18H30N2. The summed E-state index contributed by atoms with van der Waals surface area (Å²) < 4.78 is 0. The molecule has 1 aliphatic carbocycles. The van der Waals surface area contributed by atoms with Crippen molar-refractivity contribution < 1.29 is 0 Å². The third-order valence-corrected chi connectivity index (χ3v) is 4.73. The molecule has 0 bridgehead atoms. The van der Waals surface area contributed by atoms with Crippen molar-refractivity contribution in [2.24, 2.45) is 11.7 Å². The van der Waals surface area contributed by atoms with Crippen LogP contribution in [0.25, 0.3) is 0 Å². The van der Waals surface area contributed by atoms with Crippen molar-refractivity contribution in [3.63, 3.8) is 0 Å². The number of nitrogens with zero attached hydrogens (tertiary/aromatic N) is 1. The summed E-state index contributed by atoms with van der Waals surface area (Å²) in [5.41, 5.74) is 10.0. The summed E-state index contributed by atoms with van der Waals surface area (Å²) in [5, 5.41) is 0. The summed E-state index contributed by atoms with van der Waals surface area (Å²) in [4.78, 5) is 2.48. The Morgan fingerprint density at radius 1 is 1.35 bits per heavy atom. The highest BCUT2D eigenvalue weighted by molar-refractivity contribution is 5.51. The maximum absolute atomic E-state index is 5.91. The highest BCUT2D eigenvalue weighted by Crippen LogP contribution is 2.30. The van der Waals surface area contributed by atoms with Crippen molar-refractivity contribution in [3.8, 4) is 0 Å². The Morgan fingerprint density at radius 2 is 2.10 bits per heavy atom. The molecule has 1 aromatic carbocycles. The molecule has 2 heteroatoms. The van der Waals surface area contributed by atoms with Crippen LogP contribution in [0.1, 0.15) is 50.7 Å². The lowest BCUT2D eigenvalue weighted by atomic mass is 9.86. The second kappa shape index (κ2) is 6.62. The van der Waals surface area contributed by atoms with Crippen LogP contribution >= 0.6 is 0 Å². The molecule has 0 aromatic heterocycles. The number of aryl methyl sites for hydroxylation is 1. The van der Waals surface area contributed by atoms with E-state index in [0.29, 0.717) is 6.04 Å². The molecule has 112 valence electrons. The fourth-order valence-electron chi connectivity index (χ4n) is 3.44. The molecular weight excluding hydrogens is 244 g/mol. The molecule has 0 saturated heterocycles. The van der Waals surface area contributed by atoms with E-state index in [9.17, 15) is 0 Å². The minimum absolute atomic E-state index is 0.233. The van der Waals surface area contributed by atoms with Crippen molar-refractivity contribution >= 4 is 5.69 Å². The summed E-state index contributed by atoms with van der Waals surface area (Å²) in [6, 6.07) is 7.80. The lowest BCUT2D eigenvalue weighted by Crippen LogP contribution is -2.35. The van der Waals surface area contributed by atoms with Gasteiger partial charge in [0.15, 0.2) is 0 Å². The van der Waals surface area contributed by atoms with Gasteiger partial charge in [0.1, 0.15) is 0 Å². The maximum atomic E-state index is 5.91. The maximum Gasteiger partial charge on any atom is 0.0368 e. The topological polar surface area (TPSA) is 29.3 Å². The Kier molecular flexibility index (Phi) is 5.09. The first-order chi connectivity index (χ1) is 9.47. The Labute approximate surface area is 124 Å². The predicted octanol–water partition coefficient (Wildman–Crippen LogP) is 3.90. The molecule has 1 aromatic rings. The van der Waals surface area contributed by atoms with Gasteiger partial charge in [-0.25, -0.2) is 0 Å². The molecule has 20 heavy (non-hydrogen) atoms. The van der Waals surface area contributed by atoms with Crippen LogP contribution < -0.4 is 10.6 Å². The van der Waals surface area contributed by atoms with Gasteiger partial charge in [0.05, 0.1) is 0 Å². The molecule has 3 unspecified atom stereocenters. The zero-order chi connectivity index (χ0) is 14.7. The van der Waals surface area contributed by atoms with Crippen LogP contribution in [-0.2, 0) is 6.42 Å². The fourth-order valence-corrected chi connectivity index (χ4v) is 3.44. The first-order valence-electron chi connectivity index (χ1n) is 8.05. The number of anilines is 1. The molecule has 0 radical (unpaired) electrons. The van der Waals surface area contributed by atoms with Gasteiger partial charge in [-0.05, 0) is 62.3 Å². The van der Waals surface area contributed by atoms with Gasteiger partial charge in [-0.3, -0.25) is 0 Å². The van der Waals surface area contributed by atoms with E-state index < -0.39 is 0 Å². The molecule has 1 fully saturated rings. The molecule has 3 atom stereocenters. The fraction of sp³-hybridized carbons (Fsp3) is 0.667. The highest BCUT2D eigenvalue weighted by atomic mass is 15.1. The van der Waals surface area contributed by atoms with Crippen LogP contribution in [0.3, 0.4) is 0 Å². The SMILES string of the molecule is Cc1cc(N(C)C2CCCC(C)C2)ccc1CC(C)N. The van der Waals surface area contributed by atoms with Crippen molar-refractivity contribution in [2.45, 2.75) is 65.0 Å². The van der Waals surface area contributed by atoms with E-state index in [0.717, 1.165) is 12.3 Å². The van der Waals surface area contributed by atoms with E-state index >= 15 is 0 Å². The quantitative estimate of drug-likeness (QED) is 0.902. The molecule has 2 rings (SSSR count). The first-order valence-corrected chi connectivity index (χ1v) is 8.05. The lowest BCUT2D eigenvalue weighted by molar-refractivity contribution is 0.336. The molecule has 0 amide bonds. The van der Waals surface area contributed by atoms with E-state index in [2.05, 4.69) is 50.9 Å². The van der Waals surface area contributed by atoms with Crippen LogP contribution in [0.15, 0.2) is 18.2 Å². The average Bonchev–Trinajstić information content (AvgIpc) is 2.40. The summed E-state index contributed by atoms with van der Waals surface area (Å²) in [7, 11) is 2.25. The molecule has 2 N–H and O–H groups in total. The van der Waals surface area contributed by atoms with Crippen molar-refractivity contribution in [3.05, 3.63) is 29.3 Å². The van der Waals surface area contributed by atoms with Gasteiger partial charge in [0.2, 0.25) is 0 Å². The Balaban J connectivity index is 2.10. The molecule has 2 nitrogen and oxygen atoms in total. The van der Waals surface area contributed by atoms with Gasteiger partial charge in [-0.15, -0.1) is 0 Å². The third-order valence-electron chi connectivity index (χ3n) is 4.73. The van der Waals surface area contributed by atoms with Crippen molar-refractivity contribution in [2.75, 3.05) is 11.9 Å². The van der Waals surface area contributed by atoms with E-state index in [4.69, 9.17) is 5.73 Å². The summed E-state index contributed by atoms with van der Waals surface area (Å²) >= 11 is 0. The van der Waals surface area contributed by atoms with Crippen LogP contribution in [-0.4, -0.2) is 19.1 Å². The number of benzene rings is 1. The van der Waals surface area contributed by atoms with Gasteiger partial charge < -0.3 is 10.6 Å². The molecule has 0 aliphatic heterocycles. The van der Waals surface area contributed by atoms with Crippen LogP contribution in [0.5, 0.6) is 0 Å². The van der Waals surface area contributed by atoms with Crippen molar-refractivity contribution in [1.29, 1.82) is 0 Å². The number of hydrogen-bond acceptors (Lipinski definition) is 2. The zero-order valence-corrected chi connectivity index (χ0v) is 13.5. The van der Waals surface area contributed by atoms with Crippen LogP contribution in [0, 0.1) is 12.8 Å². The van der Waals surface area contributed by atoms with E-state index in [1.807, 2.05) is 0 Å². The number of rotatable bonds is 4. The highest BCUT2D eigenvalue weighted by Gasteiger charge is 2.22. The normalized spacial score (nSPS) is 24.4. The summed E-state index contributed by atoms with van der Waals surface area (Å²) in [6.45, 7) is 6.67.